The molecular formula is C19H24BNO2. The van der Waals surface area contributed by atoms with Crippen LogP contribution in [-0.4, -0.2) is 23.3 Å². The van der Waals surface area contributed by atoms with Crippen LogP contribution in [0.3, 0.4) is 0 Å². The fraction of sp³-hybridized carbons (Fsp3) is 0.421. The summed E-state index contributed by atoms with van der Waals surface area (Å²) in [6.07, 6.45) is 1.92. The number of hydrogen-bond acceptors (Lipinski definition) is 3. The highest BCUT2D eigenvalue weighted by Gasteiger charge is 2.51. The van der Waals surface area contributed by atoms with Crippen LogP contribution in [0, 0.1) is 13.8 Å². The second-order valence-electron chi connectivity index (χ2n) is 7.35. The van der Waals surface area contributed by atoms with E-state index in [2.05, 4.69) is 63.9 Å². The average molecular weight is 309 g/mol. The third-order valence-corrected chi connectivity index (χ3v) is 5.02. The van der Waals surface area contributed by atoms with E-state index in [1.54, 1.807) is 0 Å². The Balaban J connectivity index is 1.90. The van der Waals surface area contributed by atoms with Crippen molar-refractivity contribution < 1.29 is 9.31 Å². The lowest BCUT2D eigenvalue weighted by Gasteiger charge is -2.32. The van der Waals surface area contributed by atoms with E-state index in [-0.39, 0.29) is 18.3 Å². The van der Waals surface area contributed by atoms with Crippen molar-refractivity contribution in [2.24, 2.45) is 0 Å². The zero-order valence-electron chi connectivity index (χ0n) is 14.8. The minimum atomic E-state index is -0.316. The van der Waals surface area contributed by atoms with Gasteiger partial charge in [0.25, 0.3) is 0 Å². The van der Waals surface area contributed by atoms with E-state index in [0.29, 0.717) is 0 Å². The van der Waals surface area contributed by atoms with E-state index < -0.39 is 0 Å². The highest BCUT2D eigenvalue weighted by Crippen LogP contribution is 2.36. The molecule has 2 heterocycles. The maximum atomic E-state index is 6.16. The lowest BCUT2D eigenvalue weighted by Crippen LogP contribution is -2.41. The maximum absolute atomic E-state index is 6.16. The van der Waals surface area contributed by atoms with Crippen molar-refractivity contribution in [3.8, 4) is 11.1 Å². The van der Waals surface area contributed by atoms with Crippen molar-refractivity contribution in [2.45, 2.75) is 52.7 Å². The first-order chi connectivity index (χ1) is 10.7. The summed E-state index contributed by atoms with van der Waals surface area (Å²) in [5.41, 5.74) is 4.94. The average Bonchev–Trinajstić information content (AvgIpc) is 2.68. The summed E-state index contributed by atoms with van der Waals surface area (Å²) in [6.45, 7) is 12.4. The Morgan fingerprint density at radius 1 is 0.870 bits per heavy atom. The number of nitrogens with zero attached hydrogens (tertiary/aromatic N) is 1. The Kier molecular flexibility index (Phi) is 3.85. The molecule has 3 nitrogen and oxygen atoms in total. The Hall–Kier alpha value is -1.65. The molecule has 1 fully saturated rings. The molecule has 1 aromatic carbocycles. The van der Waals surface area contributed by atoms with Crippen LogP contribution in [0.4, 0.5) is 0 Å². The van der Waals surface area contributed by atoms with Gasteiger partial charge in [0, 0.05) is 17.5 Å². The molecule has 1 aromatic heterocycles. The van der Waals surface area contributed by atoms with E-state index in [9.17, 15) is 0 Å². The number of aromatic nitrogens is 1. The molecule has 0 unspecified atom stereocenters. The van der Waals surface area contributed by atoms with Gasteiger partial charge in [0.1, 0.15) is 0 Å². The van der Waals surface area contributed by atoms with Crippen LogP contribution in [0.1, 0.15) is 39.0 Å². The first-order valence-corrected chi connectivity index (χ1v) is 8.09. The molecule has 0 bridgehead atoms. The molecule has 23 heavy (non-hydrogen) atoms. The normalized spacial score (nSPS) is 19.1. The van der Waals surface area contributed by atoms with Crippen LogP contribution >= 0.6 is 0 Å². The van der Waals surface area contributed by atoms with Gasteiger partial charge in [0.2, 0.25) is 0 Å². The predicted octanol–water partition coefficient (Wildman–Crippen LogP) is 3.66. The molecule has 1 aliphatic heterocycles. The van der Waals surface area contributed by atoms with Gasteiger partial charge in [-0.05, 0) is 58.6 Å². The van der Waals surface area contributed by atoms with E-state index in [0.717, 1.165) is 22.3 Å². The van der Waals surface area contributed by atoms with Crippen molar-refractivity contribution in [2.75, 3.05) is 0 Å². The Morgan fingerprint density at radius 3 is 2.00 bits per heavy atom. The van der Waals surface area contributed by atoms with Crippen LogP contribution in [0.5, 0.6) is 0 Å². The third-order valence-electron chi connectivity index (χ3n) is 5.02. The highest BCUT2D eigenvalue weighted by molar-refractivity contribution is 6.62. The van der Waals surface area contributed by atoms with Crippen molar-refractivity contribution in [3.63, 3.8) is 0 Å². The minimum Gasteiger partial charge on any atom is -0.399 e. The van der Waals surface area contributed by atoms with Gasteiger partial charge in [0.05, 0.1) is 11.2 Å². The first kappa shape index (κ1) is 16.2. The van der Waals surface area contributed by atoms with Crippen LogP contribution in [0.25, 0.3) is 11.1 Å². The molecule has 2 aromatic rings. The van der Waals surface area contributed by atoms with Crippen LogP contribution in [0.15, 0.2) is 36.5 Å². The van der Waals surface area contributed by atoms with Gasteiger partial charge in [-0.3, -0.25) is 4.98 Å². The summed E-state index contributed by atoms with van der Waals surface area (Å²) in [4.78, 5) is 4.37. The second kappa shape index (κ2) is 5.46. The Bertz CT molecular complexity index is 707. The smallest absolute Gasteiger partial charge is 0.399 e. The van der Waals surface area contributed by atoms with E-state index in [4.69, 9.17) is 9.31 Å². The molecule has 120 valence electrons. The van der Waals surface area contributed by atoms with Crippen LogP contribution in [0.2, 0.25) is 0 Å². The van der Waals surface area contributed by atoms with E-state index in [1.807, 2.05) is 19.2 Å². The molecule has 4 heteroatoms. The van der Waals surface area contributed by atoms with Gasteiger partial charge >= 0.3 is 7.12 Å². The summed E-state index contributed by atoms with van der Waals surface area (Å²) in [5, 5.41) is 0. The first-order valence-electron chi connectivity index (χ1n) is 8.09. The topological polar surface area (TPSA) is 31.4 Å². The molecule has 0 spiro atoms. The zero-order chi connectivity index (χ0) is 16.8. The number of hydrogen-bond donors (Lipinski definition) is 0. The molecular weight excluding hydrogens is 285 g/mol. The molecule has 0 aliphatic carbocycles. The highest BCUT2D eigenvalue weighted by atomic mass is 16.7. The monoisotopic (exact) mass is 309 g/mol. The van der Waals surface area contributed by atoms with Gasteiger partial charge in [-0.1, -0.05) is 29.8 Å². The summed E-state index contributed by atoms with van der Waals surface area (Å²) >= 11 is 0. The molecule has 3 rings (SSSR count). The van der Waals surface area contributed by atoms with Gasteiger partial charge < -0.3 is 9.31 Å². The van der Waals surface area contributed by atoms with E-state index >= 15 is 0 Å². The summed E-state index contributed by atoms with van der Waals surface area (Å²) in [7, 11) is -0.315. The molecule has 0 amide bonds. The van der Waals surface area contributed by atoms with Gasteiger partial charge in [0.15, 0.2) is 0 Å². The van der Waals surface area contributed by atoms with Crippen LogP contribution < -0.4 is 5.46 Å². The number of aryl methyl sites for hydroxylation is 2. The SMILES string of the molecule is Cc1ccc(-c2ccc(B3OC(C)(C)C(C)(C)O3)c(C)c2)cn1. The fourth-order valence-corrected chi connectivity index (χ4v) is 2.73. The largest absolute Gasteiger partial charge is 0.495 e. The van der Waals surface area contributed by atoms with Crippen LogP contribution in [-0.2, 0) is 9.31 Å². The Morgan fingerprint density at radius 2 is 1.48 bits per heavy atom. The molecule has 0 atom stereocenters. The van der Waals surface area contributed by atoms with E-state index in [1.165, 1.54) is 5.56 Å². The lowest BCUT2D eigenvalue weighted by molar-refractivity contribution is 0.00578. The summed E-state index contributed by atoms with van der Waals surface area (Å²) < 4.78 is 12.3. The summed E-state index contributed by atoms with van der Waals surface area (Å²) in [6, 6.07) is 10.5. The Labute approximate surface area is 139 Å². The fourth-order valence-electron chi connectivity index (χ4n) is 2.73. The van der Waals surface area contributed by atoms with Crippen molar-refractivity contribution in [1.82, 2.24) is 4.98 Å². The molecule has 0 radical (unpaired) electrons. The van der Waals surface area contributed by atoms with Gasteiger partial charge in [-0.25, -0.2) is 0 Å². The zero-order valence-corrected chi connectivity index (χ0v) is 14.8. The lowest BCUT2D eigenvalue weighted by atomic mass is 9.75. The van der Waals surface area contributed by atoms with Crippen molar-refractivity contribution in [3.05, 3.63) is 47.8 Å². The number of rotatable bonds is 2. The maximum Gasteiger partial charge on any atom is 0.495 e. The van der Waals surface area contributed by atoms with Gasteiger partial charge in [-0.2, -0.15) is 0 Å². The number of benzene rings is 1. The predicted molar refractivity (Wildman–Crippen MR) is 94.9 cm³/mol. The third kappa shape index (κ3) is 2.93. The standard InChI is InChI=1S/C19H24BNO2/c1-13-11-15(16-8-7-14(2)21-12-16)9-10-17(13)20-22-18(3,4)19(5,6)23-20/h7-12H,1-6H3. The molecule has 1 aliphatic rings. The molecule has 0 saturated carbocycles. The van der Waals surface area contributed by atoms with Crippen molar-refractivity contribution in [1.29, 1.82) is 0 Å². The summed E-state index contributed by atoms with van der Waals surface area (Å²) in [5.74, 6) is 0. The number of pyridine rings is 1. The van der Waals surface area contributed by atoms with Crippen molar-refractivity contribution >= 4 is 12.6 Å². The molecule has 0 N–H and O–H groups in total. The minimum absolute atomic E-state index is 0.315. The van der Waals surface area contributed by atoms with Gasteiger partial charge in [-0.15, -0.1) is 0 Å². The molecule has 1 saturated heterocycles. The second-order valence-corrected chi connectivity index (χ2v) is 7.35. The quantitative estimate of drug-likeness (QED) is 0.793.